The standard InChI is InChI=1S/C16H22N4O2/c1-10(2)22-15(21)13-14(17)20(19-18-13)12-8-6-11(7-9-12)16(3,4)5/h6-10H,17H2,1-5H3. The van der Waals surface area contributed by atoms with Crippen molar-refractivity contribution in [3.8, 4) is 5.69 Å². The zero-order valence-electron chi connectivity index (χ0n) is 13.6. The maximum absolute atomic E-state index is 11.9. The summed E-state index contributed by atoms with van der Waals surface area (Å²) >= 11 is 0. The van der Waals surface area contributed by atoms with Crippen molar-refractivity contribution in [1.82, 2.24) is 15.0 Å². The van der Waals surface area contributed by atoms with Crippen LogP contribution in [0.4, 0.5) is 5.82 Å². The summed E-state index contributed by atoms with van der Waals surface area (Å²) in [5.41, 5.74) is 8.03. The fourth-order valence-electron chi connectivity index (χ4n) is 2.00. The van der Waals surface area contributed by atoms with Gasteiger partial charge in [-0.05, 0) is 37.0 Å². The molecule has 2 N–H and O–H groups in total. The Morgan fingerprint density at radius 2 is 1.82 bits per heavy atom. The fraction of sp³-hybridized carbons (Fsp3) is 0.438. The molecule has 1 aromatic carbocycles. The van der Waals surface area contributed by atoms with Crippen molar-refractivity contribution in [2.75, 3.05) is 5.73 Å². The molecule has 0 aliphatic rings. The van der Waals surface area contributed by atoms with Gasteiger partial charge in [0, 0.05) is 0 Å². The number of hydrogen-bond donors (Lipinski definition) is 1. The molecule has 6 heteroatoms. The Balaban J connectivity index is 2.31. The van der Waals surface area contributed by atoms with E-state index in [2.05, 4.69) is 31.1 Å². The summed E-state index contributed by atoms with van der Waals surface area (Å²) in [7, 11) is 0. The molecule has 0 aliphatic carbocycles. The Hall–Kier alpha value is -2.37. The average molecular weight is 302 g/mol. The predicted molar refractivity (Wildman–Crippen MR) is 85.0 cm³/mol. The number of carbonyl (C=O) groups is 1. The molecule has 1 aromatic heterocycles. The normalized spacial score (nSPS) is 11.7. The molecular weight excluding hydrogens is 280 g/mol. The van der Waals surface area contributed by atoms with E-state index in [9.17, 15) is 4.79 Å². The number of nitrogens with two attached hydrogens (primary N) is 1. The van der Waals surface area contributed by atoms with Gasteiger partial charge in [-0.1, -0.05) is 38.1 Å². The van der Waals surface area contributed by atoms with Crippen molar-refractivity contribution in [2.45, 2.75) is 46.1 Å². The Bertz CT molecular complexity index is 666. The van der Waals surface area contributed by atoms with Crippen LogP contribution in [-0.2, 0) is 10.2 Å². The maximum Gasteiger partial charge on any atom is 0.363 e. The first-order valence-electron chi connectivity index (χ1n) is 7.23. The highest BCUT2D eigenvalue weighted by molar-refractivity contribution is 5.92. The van der Waals surface area contributed by atoms with Gasteiger partial charge >= 0.3 is 5.97 Å². The van der Waals surface area contributed by atoms with Crippen LogP contribution in [0.1, 0.15) is 50.7 Å². The van der Waals surface area contributed by atoms with Crippen LogP contribution >= 0.6 is 0 Å². The van der Waals surface area contributed by atoms with E-state index in [1.54, 1.807) is 13.8 Å². The van der Waals surface area contributed by atoms with Gasteiger partial charge in [0.25, 0.3) is 0 Å². The SMILES string of the molecule is CC(C)OC(=O)c1nnn(-c2ccc(C(C)(C)C)cc2)c1N. The summed E-state index contributed by atoms with van der Waals surface area (Å²) in [5.74, 6) is -0.390. The van der Waals surface area contributed by atoms with Gasteiger partial charge in [-0.25, -0.2) is 4.79 Å². The summed E-state index contributed by atoms with van der Waals surface area (Å²) in [6.07, 6.45) is -0.233. The molecule has 22 heavy (non-hydrogen) atoms. The van der Waals surface area contributed by atoms with E-state index < -0.39 is 5.97 Å². The molecule has 2 rings (SSSR count). The van der Waals surface area contributed by atoms with Crippen molar-refractivity contribution in [2.24, 2.45) is 0 Å². The van der Waals surface area contributed by atoms with Crippen molar-refractivity contribution < 1.29 is 9.53 Å². The highest BCUT2D eigenvalue weighted by Crippen LogP contribution is 2.24. The Kier molecular flexibility index (Phi) is 4.21. The quantitative estimate of drug-likeness (QED) is 0.881. The smallest absolute Gasteiger partial charge is 0.363 e. The number of nitrogens with zero attached hydrogens (tertiary/aromatic N) is 3. The molecule has 0 unspecified atom stereocenters. The highest BCUT2D eigenvalue weighted by atomic mass is 16.5. The van der Waals surface area contributed by atoms with Gasteiger partial charge in [-0.15, -0.1) is 5.10 Å². The second kappa shape index (κ2) is 5.79. The van der Waals surface area contributed by atoms with Crippen LogP contribution < -0.4 is 5.73 Å². The molecular formula is C16H22N4O2. The minimum atomic E-state index is -0.565. The van der Waals surface area contributed by atoms with Crippen molar-refractivity contribution in [3.63, 3.8) is 0 Å². The van der Waals surface area contributed by atoms with Crippen molar-refractivity contribution in [1.29, 1.82) is 0 Å². The van der Waals surface area contributed by atoms with Gasteiger partial charge in [-0.3, -0.25) is 0 Å². The molecule has 1 heterocycles. The lowest BCUT2D eigenvalue weighted by atomic mass is 9.87. The van der Waals surface area contributed by atoms with Crippen LogP contribution in [-0.4, -0.2) is 27.1 Å². The lowest BCUT2D eigenvalue weighted by Crippen LogP contribution is -2.14. The minimum Gasteiger partial charge on any atom is -0.458 e. The number of esters is 1. The molecule has 0 bridgehead atoms. The van der Waals surface area contributed by atoms with Crippen LogP contribution in [0.3, 0.4) is 0 Å². The number of anilines is 1. The third-order valence-corrected chi connectivity index (χ3v) is 3.22. The van der Waals surface area contributed by atoms with Crippen molar-refractivity contribution >= 4 is 11.8 Å². The first-order valence-corrected chi connectivity index (χ1v) is 7.23. The predicted octanol–water partition coefficient (Wildman–Crippen LogP) is 2.71. The zero-order valence-corrected chi connectivity index (χ0v) is 13.6. The summed E-state index contributed by atoms with van der Waals surface area (Å²) < 4.78 is 6.53. The van der Waals surface area contributed by atoms with Gasteiger partial charge < -0.3 is 10.5 Å². The number of carbonyl (C=O) groups excluding carboxylic acids is 1. The number of hydrogen-bond acceptors (Lipinski definition) is 5. The van der Waals surface area contributed by atoms with E-state index in [1.165, 1.54) is 10.2 Å². The highest BCUT2D eigenvalue weighted by Gasteiger charge is 2.21. The zero-order chi connectivity index (χ0) is 16.5. The molecule has 0 atom stereocenters. The summed E-state index contributed by atoms with van der Waals surface area (Å²) in [5, 5.41) is 7.78. The third kappa shape index (κ3) is 3.27. The average Bonchev–Trinajstić information content (AvgIpc) is 2.79. The van der Waals surface area contributed by atoms with Crippen molar-refractivity contribution in [3.05, 3.63) is 35.5 Å². The molecule has 6 nitrogen and oxygen atoms in total. The Morgan fingerprint density at radius 3 is 2.32 bits per heavy atom. The molecule has 0 saturated carbocycles. The Labute approximate surface area is 130 Å². The van der Waals surface area contributed by atoms with E-state index in [1.807, 2.05) is 24.3 Å². The summed E-state index contributed by atoms with van der Waals surface area (Å²) in [6, 6.07) is 7.84. The van der Waals surface area contributed by atoms with E-state index in [-0.39, 0.29) is 23.0 Å². The van der Waals surface area contributed by atoms with Gasteiger partial charge in [-0.2, -0.15) is 4.68 Å². The summed E-state index contributed by atoms with van der Waals surface area (Å²) in [4.78, 5) is 11.9. The lowest BCUT2D eigenvalue weighted by Gasteiger charge is -2.19. The first kappa shape index (κ1) is 16.0. The van der Waals surface area contributed by atoms with E-state index in [4.69, 9.17) is 10.5 Å². The molecule has 0 saturated heterocycles. The maximum atomic E-state index is 11.9. The first-order chi connectivity index (χ1) is 10.2. The van der Waals surface area contributed by atoms with Gasteiger partial charge in [0.05, 0.1) is 11.8 Å². The minimum absolute atomic E-state index is 0.0357. The second-order valence-corrected chi connectivity index (χ2v) is 6.49. The number of ether oxygens (including phenoxy) is 1. The van der Waals surface area contributed by atoms with Gasteiger partial charge in [0.15, 0.2) is 5.82 Å². The number of rotatable bonds is 3. The third-order valence-electron chi connectivity index (χ3n) is 3.22. The number of nitrogen functional groups attached to an aromatic ring is 1. The van der Waals surface area contributed by atoms with Gasteiger partial charge in [0.1, 0.15) is 0 Å². The van der Waals surface area contributed by atoms with E-state index >= 15 is 0 Å². The topological polar surface area (TPSA) is 83.0 Å². The second-order valence-electron chi connectivity index (χ2n) is 6.49. The molecule has 0 amide bonds. The molecule has 2 aromatic rings. The molecule has 0 radical (unpaired) electrons. The lowest BCUT2D eigenvalue weighted by molar-refractivity contribution is 0.0372. The number of aromatic nitrogens is 3. The molecule has 0 aliphatic heterocycles. The van der Waals surface area contributed by atoms with Gasteiger partial charge in [0.2, 0.25) is 5.69 Å². The largest absolute Gasteiger partial charge is 0.458 e. The molecule has 0 spiro atoms. The van der Waals surface area contributed by atoms with E-state index in [0.717, 1.165) is 5.69 Å². The number of benzene rings is 1. The van der Waals surface area contributed by atoms with Crippen LogP contribution in [0.25, 0.3) is 5.69 Å². The van der Waals surface area contributed by atoms with Crippen LogP contribution in [0.2, 0.25) is 0 Å². The fourth-order valence-corrected chi connectivity index (χ4v) is 2.00. The van der Waals surface area contributed by atoms with Crippen LogP contribution in [0.5, 0.6) is 0 Å². The Morgan fingerprint density at radius 1 is 1.23 bits per heavy atom. The molecule has 118 valence electrons. The summed E-state index contributed by atoms with van der Waals surface area (Å²) in [6.45, 7) is 9.97. The molecule has 0 fully saturated rings. The van der Waals surface area contributed by atoms with E-state index in [0.29, 0.717) is 0 Å². The monoisotopic (exact) mass is 302 g/mol. The van der Waals surface area contributed by atoms with Crippen LogP contribution in [0.15, 0.2) is 24.3 Å². The van der Waals surface area contributed by atoms with Crippen LogP contribution in [0, 0.1) is 0 Å².